The van der Waals surface area contributed by atoms with Crippen LogP contribution in [0.3, 0.4) is 0 Å². The van der Waals surface area contributed by atoms with E-state index in [2.05, 4.69) is 10.6 Å². The third kappa shape index (κ3) is 4.01. The number of nitrogens with one attached hydrogen (secondary N) is 2. The number of hydrogen-bond donors (Lipinski definition) is 3. The Morgan fingerprint density at radius 1 is 1.33 bits per heavy atom. The Balaban J connectivity index is 3.06. The van der Waals surface area contributed by atoms with Crippen molar-refractivity contribution < 1.29 is 13.2 Å². The van der Waals surface area contributed by atoms with Gasteiger partial charge < -0.3 is 10.6 Å². The van der Waals surface area contributed by atoms with E-state index < -0.39 is 16.1 Å². The van der Waals surface area contributed by atoms with Crippen LogP contribution in [0.15, 0.2) is 23.1 Å². The maximum Gasteiger partial charge on any atom is 0.319 e. The number of hydrogen-bond acceptors (Lipinski definition) is 3. The highest BCUT2D eigenvalue weighted by Crippen LogP contribution is 2.21. The van der Waals surface area contributed by atoms with Gasteiger partial charge >= 0.3 is 6.03 Å². The molecule has 0 aliphatic rings. The molecule has 6 nitrogen and oxygen atoms in total. The Hall–Kier alpha value is -1.60. The molecule has 2 amide bonds. The average molecular weight is 271 g/mol. The van der Waals surface area contributed by atoms with Crippen LogP contribution >= 0.6 is 0 Å². The third-order valence-corrected chi connectivity index (χ3v) is 3.06. The van der Waals surface area contributed by atoms with Crippen LogP contribution in [0, 0.1) is 6.92 Å². The quantitative estimate of drug-likeness (QED) is 0.769. The molecule has 0 atom stereocenters. The highest BCUT2D eigenvalue weighted by molar-refractivity contribution is 7.89. The number of rotatable bonds is 3. The van der Waals surface area contributed by atoms with Crippen LogP contribution in [-0.4, -0.2) is 20.5 Å². The molecule has 0 aliphatic carbocycles. The fraction of sp³-hybridized carbons (Fsp3) is 0.364. The van der Waals surface area contributed by atoms with Gasteiger partial charge in [0.05, 0.1) is 5.69 Å². The van der Waals surface area contributed by atoms with Crippen molar-refractivity contribution in [2.24, 2.45) is 5.14 Å². The van der Waals surface area contributed by atoms with E-state index in [0.29, 0.717) is 0 Å². The van der Waals surface area contributed by atoms with Crippen LogP contribution in [0.4, 0.5) is 10.5 Å². The summed E-state index contributed by atoms with van der Waals surface area (Å²) >= 11 is 0. The Morgan fingerprint density at radius 3 is 2.44 bits per heavy atom. The van der Waals surface area contributed by atoms with Gasteiger partial charge in [0.1, 0.15) is 4.90 Å². The summed E-state index contributed by atoms with van der Waals surface area (Å²) in [6.07, 6.45) is 0. The highest BCUT2D eigenvalue weighted by atomic mass is 32.2. The van der Waals surface area contributed by atoms with Crippen molar-refractivity contribution in [1.29, 1.82) is 0 Å². The van der Waals surface area contributed by atoms with Gasteiger partial charge in [-0.2, -0.15) is 0 Å². The smallest absolute Gasteiger partial charge is 0.319 e. The number of anilines is 1. The lowest BCUT2D eigenvalue weighted by molar-refractivity contribution is 0.250. The van der Waals surface area contributed by atoms with Crippen LogP contribution < -0.4 is 15.8 Å². The third-order valence-electron chi connectivity index (χ3n) is 2.11. The minimum atomic E-state index is -3.87. The van der Waals surface area contributed by atoms with E-state index in [1.54, 1.807) is 26.8 Å². The molecule has 18 heavy (non-hydrogen) atoms. The van der Waals surface area contributed by atoms with Gasteiger partial charge in [-0.1, -0.05) is 6.07 Å². The van der Waals surface area contributed by atoms with Gasteiger partial charge in [0, 0.05) is 6.04 Å². The van der Waals surface area contributed by atoms with Gasteiger partial charge in [0.2, 0.25) is 10.0 Å². The van der Waals surface area contributed by atoms with Crippen molar-refractivity contribution in [3.8, 4) is 0 Å². The molecule has 0 heterocycles. The van der Waals surface area contributed by atoms with Crippen molar-refractivity contribution in [3.05, 3.63) is 23.8 Å². The minimum Gasteiger partial charge on any atom is -0.336 e. The van der Waals surface area contributed by atoms with Gasteiger partial charge in [0.25, 0.3) is 0 Å². The summed E-state index contributed by atoms with van der Waals surface area (Å²) in [6, 6.07) is 4.10. The molecule has 0 aliphatic heterocycles. The van der Waals surface area contributed by atoms with Crippen LogP contribution in [0.25, 0.3) is 0 Å². The van der Waals surface area contributed by atoms with Crippen LogP contribution in [0.2, 0.25) is 0 Å². The molecule has 0 radical (unpaired) electrons. The van der Waals surface area contributed by atoms with Crippen LogP contribution in [0.5, 0.6) is 0 Å². The maximum atomic E-state index is 11.5. The highest BCUT2D eigenvalue weighted by Gasteiger charge is 2.16. The lowest BCUT2D eigenvalue weighted by atomic mass is 10.2. The molecule has 0 saturated carbocycles. The molecule has 1 aromatic carbocycles. The molecule has 0 saturated heterocycles. The molecular weight excluding hydrogens is 254 g/mol. The van der Waals surface area contributed by atoms with E-state index >= 15 is 0 Å². The summed E-state index contributed by atoms with van der Waals surface area (Å²) in [5.74, 6) is 0. The fourth-order valence-electron chi connectivity index (χ4n) is 1.39. The first-order valence-corrected chi connectivity index (χ1v) is 6.96. The van der Waals surface area contributed by atoms with Gasteiger partial charge in [0.15, 0.2) is 0 Å². The second kappa shape index (κ2) is 5.36. The van der Waals surface area contributed by atoms with Gasteiger partial charge in [-0.25, -0.2) is 18.4 Å². The van der Waals surface area contributed by atoms with E-state index in [1.807, 2.05) is 0 Å². The lowest BCUT2D eigenvalue weighted by Gasteiger charge is -2.13. The van der Waals surface area contributed by atoms with E-state index in [1.165, 1.54) is 12.1 Å². The molecular formula is C11H17N3O3S. The monoisotopic (exact) mass is 271 g/mol. The SMILES string of the molecule is Cc1ccc(NC(=O)NC(C)C)c(S(N)(=O)=O)c1. The molecule has 0 bridgehead atoms. The zero-order valence-electron chi connectivity index (χ0n) is 10.5. The Morgan fingerprint density at radius 2 is 1.94 bits per heavy atom. The largest absolute Gasteiger partial charge is 0.336 e. The normalized spacial score (nSPS) is 11.4. The predicted octanol–water partition coefficient (Wildman–Crippen LogP) is 1.17. The number of carbonyl (C=O) groups is 1. The van der Waals surface area contributed by atoms with E-state index in [9.17, 15) is 13.2 Å². The summed E-state index contributed by atoms with van der Waals surface area (Å²) in [4.78, 5) is 11.4. The molecule has 1 rings (SSSR count). The Bertz CT molecular complexity index is 553. The number of amides is 2. The van der Waals surface area contributed by atoms with Crippen molar-refractivity contribution >= 4 is 21.7 Å². The van der Waals surface area contributed by atoms with Crippen LogP contribution in [-0.2, 0) is 10.0 Å². The Kier molecular flexibility index (Phi) is 4.31. The van der Waals surface area contributed by atoms with Gasteiger partial charge in [-0.15, -0.1) is 0 Å². The number of aryl methyl sites for hydroxylation is 1. The minimum absolute atomic E-state index is 0.0478. The number of benzene rings is 1. The van der Waals surface area contributed by atoms with Crippen molar-refractivity contribution in [1.82, 2.24) is 5.32 Å². The van der Waals surface area contributed by atoms with Crippen molar-refractivity contribution in [2.75, 3.05) is 5.32 Å². The van der Waals surface area contributed by atoms with E-state index in [0.717, 1.165) is 5.56 Å². The number of urea groups is 1. The fourth-order valence-corrected chi connectivity index (χ4v) is 2.16. The predicted molar refractivity (Wildman–Crippen MR) is 69.8 cm³/mol. The zero-order chi connectivity index (χ0) is 13.9. The van der Waals surface area contributed by atoms with Crippen molar-refractivity contribution in [2.45, 2.75) is 31.7 Å². The second-order valence-electron chi connectivity index (χ2n) is 4.30. The first-order valence-electron chi connectivity index (χ1n) is 5.41. The zero-order valence-corrected chi connectivity index (χ0v) is 11.3. The molecule has 0 aromatic heterocycles. The van der Waals surface area contributed by atoms with E-state index in [4.69, 9.17) is 5.14 Å². The van der Waals surface area contributed by atoms with Gasteiger partial charge in [-0.3, -0.25) is 0 Å². The van der Waals surface area contributed by atoms with Crippen molar-refractivity contribution in [3.63, 3.8) is 0 Å². The number of carbonyl (C=O) groups excluding carboxylic acids is 1. The summed E-state index contributed by atoms with van der Waals surface area (Å²) in [6.45, 7) is 5.34. The number of nitrogens with two attached hydrogens (primary N) is 1. The molecule has 0 unspecified atom stereocenters. The maximum absolute atomic E-state index is 11.5. The standard InChI is InChI=1S/C11H17N3O3S/c1-7(2)13-11(15)14-9-5-4-8(3)6-10(9)18(12,16)17/h4-7H,1-3H3,(H2,12,16,17)(H2,13,14,15). The molecule has 1 aromatic rings. The summed E-state index contributed by atoms with van der Waals surface area (Å²) in [5.41, 5.74) is 0.912. The van der Waals surface area contributed by atoms with Gasteiger partial charge in [-0.05, 0) is 38.5 Å². The van der Waals surface area contributed by atoms with Crippen LogP contribution in [0.1, 0.15) is 19.4 Å². The molecule has 4 N–H and O–H groups in total. The lowest BCUT2D eigenvalue weighted by Crippen LogP contribution is -2.34. The second-order valence-corrected chi connectivity index (χ2v) is 5.83. The number of primary sulfonamides is 1. The molecule has 100 valence electrons. The molecule has 7 heteroatoms. The van der Waals surface area contributed by atoms with E-state index in [-0.39, 0.29) is 16.6 Å². The summed E-state index contributed by atoms with van der Waals surface area (Å²) in [5, 5.41) is 10.2. The summed E-state index contributed by atoms with van der Waals surface area (Å²) in [7, 11) is -3.87. The Labute approximate surface area is 107 Å². The molecule has 0 spiro atoms. The first-order chi connectivity index (χ1) is 8.20. The topological polar surface area (TPSA) is 101 Å². The summed E-state index contributed by atoms with van der Waals surface area (Å²) < 4.78 is 22.8. The molecule has 0 fully saturated rings. The first kappa shape index (κ1) is 14.5. The number of sulfonamides is 1. The average Bonchev–Trinajstić information content (AvgIpc) is 2.17.